The zero-order valence-corrected chi connectivity index (χ0v) is 11.6. The van der Waals surface area contributed by atoms with Crippen LogP contribution in [0.4, 0.5) is 0 Å². The van der Waals surface area contributed by atoms with Crippen LogP contribution in [0.5, 0.6) is 0 Å². The molecule has 0 N–H and O–H groups in total. The predicted molar refractivity (Wildman–Crippen MR) is 76.3 cm³/mol. The van der Waals surface area contributed by atoms with E-state index in [2.05, 4.69) is 0 Å². The minimum Gasteiger partial charge on any atom is -0.300 e. The lowest BCUT2D eigenvalue weighted by Crippen LogP contribution is -2.42. The van der Waals surface area contributed by atoms with Gasteiger partial charge in [0, 0.05) is 18.8 Å². The van der Waals surface area contributed by atoms with Crippen molar-refractivity contribution >= 4 is 11.6 Å². The van der Waals surface area contributed by atoms with Gasteiger partial charge in [0.25, 0.3) is 0 Å². The molecule has 0 spiro atoms. The quantitative estimate of drug-likeness (QED) is 0.787. The summed E-state index contributed by atoms with van der Waals surface area (Å²) in [6, 6.07) is 0. The first-order chi connectivity index (χ1) is 9.66. The first-order valence-corrected chi connectivity index (χ1v) is 7.12. The number of Topliss-reactive ketones (excluding diaryl/α,β-unsaturated/α-hetero) is 2. The first-order valence-electron chi connectivity index (χ1n) is 7.12. The molecule has 0 amide bonds. The van der Waals surface area contributed by atoms with Crippen molar-refractivity contribution in [2.24, 2.45) is 17.8 Å². The lowest BCUT2D eigenvalue weighted by Gasteiger charge is -2.41. The van der Waals surface area contributed by atoms with Crippen molar-refractivity contribution in [2.45, 2.75) is 19.8 Å². The largest absolute Gasteiger partial charge is 0.300 e. The average molecular weight is 266 g/mol. The lowest BCUT2D eigenvalue weighted by atomic mass is 9.61. The van der Waals surface area contributed by atoms with Gasteiger partial charge >= 0.3 is 0 Å². The second-order valence-corrected chi connectivity index (χ2v) is 5.73. The van der Waals surface area contributed by atoms with E-state index in [4.69, 9.17) is 0 Å². The van der Waals surface area contributed by atoms with Gasteiger partial charge in [0.1, 0.15) is 11.6 Å². The molecule has 0 aliphatic heterocycles. The topological polar surface area (TPSA) is 34.1 Å². The zero-order chi connectivity index (χ0) is 14.1. The van der Waals surface area contributed by atoms with Crippen LogP contribution in [0.15, 0.2) is 0 Å². The zero-order valence-electron chi connectivity index (χ0n) is 11.6. The average Bonchev–Trinajstić information content (AvgIpc) is 3.11. The van der Waals surface area contributed by atoms with Gasteiger partial charge < -0.3 is 0 Å². The Labute approximate surface area is 122 Å². The van der Waals surface area contributed by atoms with Crippen LogP contribution in [-0.2, 0) is 9.59 Å². The highest BCUT2D eigenvalue weighted by Gasteiger charge is 2.47. The molecule has 2 atom stereocenters. The van der Waals surface area contributed by atoms with Crippen LogP contribution in [-0.4, -0.2) is 11.6 Å². The molecule has 0 saturated heterocycles. The van der Waals surface area contributed by atoms with Crippen LogP contribution in [0.1, 0.15) is 19.8 Å². The van der Waals surface area contributed by atoms with Crippen molar-refractivity contribution in [1.82, 2.24) is 0 Å². The number of carbonyl (C=O) groups excluding carboxylic acids is 2. The maximum atomic E-state index is 12.2. The molecule has 3 fully saturated rings. The van der Waals surface area contributed by atoms with Gasteiger partial charge in [-0.2, -0.15) is 0 Å². The minimum absolute atomic E-state index is 0.0312. The summed E-state index contributed by atoms with van der Waals surface area (Å²) < 4.78 is 0. The summed E-state index contributed by atoms with van der Waals surface area (Å²) in [6.07, 6.45) is 17.0. The molecule has 102 valence electrons. The lowest BCUT2D eigenvalue weighted by molar-refractivity contribution is -0.130. The van der Waals surface area contributed by atoms with Gasteiger partial charge in [-0.05, 0) is 82.0 Å². The second-order valence-electron chi connectivity index (χ2n) is 5.73. The van der Waals surface area contributed by atoms with E-state index in [0.717, 1.165) is 11.8 Å². The van der Waals surface area contributed by atoms with E-state index in [0.29, 0.717) is 12.8 Å². The summed E-state index contributed by atoms with van der Waals surface area (Å²) in [5.74, 6) is 2.67. The number of hydrogen-bond acceptors (Lipinski definition) is 2. The van der Waals surface area contributed by atoms with E-state index in [1.54, 1.807) is 6.92 Å². The van der Waals surface area contributed by atoms with Crippen LogP contribution >= 0.6 is 0 Å². The summed E-state index contributed by atoms with van der Waals surface area (Å²) >= 11 is 0. The van der Waals surface area contributed by atoms with Crippen LogP contribution < -0.4 is 0 Å². The van der Waals surface area contributed by atoms with Crippen molar-refractivity contribution in [3.05, 3.63) is 63.2 Å². The van der Waals surface area contributed by atoms with E-state index in [-0.39, 0.29) is 29.3 Å². The van der Waals surface area contributed by atoms with Gasteiger partial charge in [-0.15, -0.1) is 0 Å². The molecule has 2 unspecified atom stereocenters. The molecule has 20 heavy (non-hydrogen) atoms. The fraction of sp³-hybridized carbons (Fsp3) is 0.333. The summed E-state index contributed by atoms with van der Waals surface area (Å²) in [4.78, 5) is 24.3. The highest BCUT2D eigenvalue weighted by atomic mass is 16.1. The summed E-state index contributed by atoms with van der Waals surface area (Å²) in [5.41, 5.74) is 0. The normalized spacial score (nSPS) is 36.6. The number of rotatable bonds is 3. The van der Waals surface area contributed by atoms with E-state index >= 15 is 0 Å². The molecule has 0 bridgehead atoms. The van der Waals surface area contributed by atoms with Crippen molar-refractivity contribution in [3.63, 3.8) is 0 Å². The van der Waals surface area contributed by atoms with Crippen LogP contribution in [0.3, 0.4) is 0 Å². The molecule has 10 radical (unpaired) electrons. The standard InChI is InChI=1S/C18H18O2/c1-12(19)18-16(13-6-2-3-7-13)10-15(20)11-17(18)14-8-4-5-9-14/h2-9,16-18H,10-11H2,1H3. The van der Waals surface area contributed by atoms with Gasteiger partial charge in [0.2, 0.25) is 0 Å². The third kappa shape index (κ3) is 2.71. The minimum atomic E-state index is -0.0856. The fourth-order valence-corrected chi connectivity index (χ4v) is 3.60. The molecule has 3 rings (SSSR count). The molecular weight excluding hydrogens is 248 g/mol. The van der Waals surface area contributed by atoms with Gasteiger partial charge in [0.15, 0.2) is 0 Å². The predicted octanol–water partition coefficient (Wildman–Crippen LogP) is 2.60. The van der Waals surface area contributed by atoms with E-state index in [9.17, 15) is 9.59 Å². The van der Waals surface area contributed by atoms with Gasteiger partial charge in [-0.25, -0.2) is 0 Å². The maximum absolute atomic E-state index is 12.2. The summed E-state index contributed by atoms with van der Waals surface area (Å²) in [6.45, 7) is 1.66. The molecule has 0 aromatic carbocycles. The van der Waals surface area contributed by atoms with Gasteiger partial charge in [0.05, 0.1) is 0 Å². The third-order valence-corrected chi connectivity index (χ3v) is 4.46. The monoisotopic (exact) mass is 266 g/mol. The van der Waals surface area contributed by atoms with Crippen molar-refractivity contribution in [3.8, 4) is 0 Å². The fourth-order valence-electron chi connectivity index (χ4n) is 3.60. The third-order valence-electron chi connectivity index (χ3n) is 4.46. The van der Waals surface area contributed by atoms with Crippen LogP contribution in [0.2, 0.25) is 0 Å². The highest BCUT2D eigenvalue weighted by Crippen LogP contribution is 2.49. The van der Waals surface area contributed by atoms with Crippen molar-refractivity contribution in [1.29, 1.82) is 0 Å². The Morgan fingerprint density at radius 3 is 1.65 bits per heavy atom. The van der Waals surface area contributed by atoms with Crippen LogP contribution in [0, 0.1) is 81.0 Å². The smallest absolute Gasteiger partial charge is 0.133 e. The Kier molecular flexibility index (Phi) is 4.28. The van der Waals surface area contributed by atoms with E-state index in [1.807, 2.05) is 51.4 Å². The number of ketones is 2. The molecule has 0 aromatic rings. The second kappa shape index (κ2) is 5.99. The molecule has 3 saturated carbocycles. The van der Waals surface area contributed by atoms with Crippen molar-refractivity contribution in [2.75, 3.05) is 0 Å². The SMILES string of the molecule is CC(=O)C1C([C]2[CH][CH][CH][CH]2)CC(=O)CC1[C]1[CH][CH][CH][CH]1. The summed E-state index contributed by atoms with van der Waals surface area (Å²) in [5, 5.41) is 0. The Hall–Kier alpha value is -0.660. The maximum Gasteiger partial charge on any atom is 0.133 e. The van der Waals surface area contributed by atoms with Crippen LogP contribution in [0.25, 0.3) is 0 Å². The Bertz CT molecular complexity index is 347. The molecular formula is C18H18O2. The van der Waals surface area contributed by atoms with E-state index < -0.39 is 0 Å². The number of hydrogen-bond donors (Lipinski definition) is 0. The highest BCUT2D eigenvalue weighted by molar-refractivity contribution is 5.87. The van der Waals surface area contributed by atoms with Gasteiger partial charge in [-0.1, -0.05) is 0 Å². The van der Waals surface area contributed by atoms with Crippen molar-refractivity contribution < 1.29 is 9.59 Å². The Morgan fingerprint density at radius 1 is 0.900 bits per heavy atom. The molecule has 2 heteroatoms. The Balaban J connectivity index is 1.83. The molecule has 0 aromatic heterocycles. The molecule has 2 nitrogen and oxygen atoms in total. The summed E-state index contributed by atoms with van der Waals surface area (Å²) in [7, 11) is 0. The van der Waals surface area contributed by atoms with E-state index in [1.165, 1.54) is 0 Å². The first kappa shape index (κ1) is 14.3. The molecule has 0 heterocycles. The molecule has 3 aliphatic carbocycles. The Morgan fingerprint density at radius 2 is 1.30 bits per heavy atom. The van der Waals surface area contributed by atoms with Gasteiger partial charge in [-0.3, -0.25) is 9.59 Å². The molecule has 3 aliphatic rings. The number of carbonyl (C=O) groups is 2.